The second-order valence-electron chi connectivity index (χ2n) is 7.11. The van der Waals surface area contributed by atoms with Crippen molar-refractivity contribution in [2.24, 2.45) is 5.92 Å². The predicted molar refractivity (Wildman–Crippen MR) is 101 cm³/mol. The van der Waals surface area contributed by atoms with E-state index >= 15 is 0 Å². The zero-order valence-electron chi connectivity index (χ0n) is 16.1. The molecule has 2 amide bonds. The van der Waals surface area contributed by atoms with E-state index in [2.05, 4.69) is 15.6 Å². The lowest BCUT2D eigenvalue weighted by molar-refractivity contribution is -0.131. The molecule has 28 heavy (non-hydrogen) atoms. The standard InChI is InChI=1S/C18H28N4O3.CH2O2/c23-17(20-8-2-10-22-11-9-19-13-22)14-4-6-15(7-5-14)21-18(24)16-3-1-12-25-16;2-1-3/h9,11,13-16H,1-8,10,12H2,(H,20,23)(H,21,24);1H,(H,2,3)/t14?,15?,16-;/m1./s1. The van der Waals surface area contributed by atoms with Crippen LogP contribution in [0.4, 0.5) is 0 Å². The van der Waals surface area contributed by atoms with E-state index in [1.54, 1.807) is 12.5 Å². The third-order valence-electron chi connectivity index (χ3n) is 5.12. The predicted octanol–water partition coefficient (Wildman–Crippen LogP) is 0.944. The fourth-order valence-corrected chi connectivity index (χ4v) is 3.62. The molecule has 1 saturated carbocycles. The molecule has 2 aliphatic rings. The summed E-state index contributed by atoms with van der Waals surface area (Å²) in [7, 11) is 0. The lowest BCUT2D eigenvalue weighted by Gasteiger charge is -2.29. The number of hydrogen-bond donors (Lipinski definition) is 3. The Kier molecular flexibility index (Phi) is 9.47. The van der Waals surface area contributed by atoms with Crippen LogP contribution in [-0.4, -0.2) is 58.2 Å². The molecule has 0 unspecified atom stereocenters. The number of carbonyl (C=O) groups excluding carboxylic acids is 2. The molecule has 3 rings (SSSR count). The molecule has 0 aromatic carbocycles. The Morgan fingerprint density at radius 3 is 2.57 bits per heavy atom. The van der Waals surface area contributed by atoms with Gasteiger partial charge in [0, 0.05) is 44.0 Å². The Morgan fingerprint density at radius 2 is 1.96 bits per heavy atom. The van der Waals surface area contributed by atoms with Crippen molar-refractivity contribution >= 4 is 18.3 Å². The molecule has 1 atom stereocenters. The molecule has 1 aliphatic carbocycles. The Bertz CT molecular complexity index is 593. The minimum Gasteiger partial charge on any atom is -0.483 e. The summed E-state index contributed by atoms with van der Waals surface area (Å²) in [5.74, 6) is 0.239. The molecule has 0 spiro atoms. The van der Waals surface area contributed by atoms with Crippen molar-refractivity contribution in [3.05, 3.63) is 18.7 Å². The van der Waals surface area contributed by atoms with Crippen molar-refractivity contribution in [1.29, 1.82) is 0 Å². The number of aromatic nitrogens is 2. The van der Waals surface area contributed by atoms with Crippen LogP contribution in [0.15, 0.2) is 18.7 Å². The van der Waals surface area contributed by atoms with Gasteiger partial charge in [-0.1, -0.05) is 0 Å². The highest BCUT2D eigenvalue weighted by Gasteiger charge is 2.30. The summed E-state index contributed by atoms with van der Waals surface area (Å²) in [6.07, 6.45) is 11.3. The van der Waals surface area contributed by atoms with E-state index in [0.29, 0.717) is 13.2 Å². The van der Waals surface area contributed by atoms with Crippen LogP contribution in [-0.2, 0) is 25.7 Å². The molecule has 1 saturated heterocycles. The van der Waals surface area contributed by atoms with Gasteiger partial charge < -0.3 is 25.0 Å². The molecule has 0 radical (unpaired) electrons. The number of hydrogen-bond acceptors (Lipinski definition) is 5. The number of rotatable bonds is 7. The van der Waals surface area contributed by atoms with E-state index in [9.17, 15) is 9.59 Å². The SMILES string of the molecule is O=C(NCCCn1ccnc1)C1CCC(NC(=O)[C@H]2CCCO2)CC1.O=CO. The van der Waals surface area contributed by atoms with Crippen molar-refractivity contribution < 1.29 is 24.2 Å². The van der Waals surface area contributed by atoms with Crippen LogP contribution in [0.2, 0.25) is 0 Å². The molecule has 156 valence electrons. The topological polar surface area (TPSA) is 123 Å². The number of aryl methyl sites for hydroxylation is 1. The molecular weight excluding hydrogens is 364 g/mol. The van der Waals surface area contributed by atoms with Gasteiger partial charge in [0.2, 0.25) is 11.8 Å². The molecule has 9 heteroatoms. The van der Waals surface area contributed by atoms with Crippen molar-refractivity contribution in [3.8, 4) is 0 Å². The molecular formula is C19H30N4O5. The minimum absolute atomic E-state index is 0.0184. The monoisotopic (exact) mass is 394 g/mol. The highest BCUT2D eigenvalue weighted by atomic mass is 16.5. The van der Waals surface area contributed by atoms with Crippen LogP contribution >= 0.6 is 0 Å². The first-order valence-corrected chi connectivity index (χ1v) is 9.87. The Labute approximate surface area is 164 Å². The summed E-state index contributed by atoms with van der Waals surface area (Å²) in [6, 6.07) is 0.182. The van der Waals surface area contributed by atoms with Crippen LogP contribution < -0.4 is 10.6 Å². The van der Waals surface area contributed by atoms with Crippen molar-refractivity contribution in [1.82, 2.24) is 20.2 Å². The smallest absolute Gasteiger partial charge is 0.290 e. The number of amides is 2. The van der Waals surface area contributed by atoms with Gasteiger partial charge in [-0.3, -0.25) is 14.4 Å². The number of ether oxygens (including phenoxy) is 1. The fraction of sp³-hybridized carbons (Fsp3) is 0.684. The van der Waals surface area contributed by atoms with E-state index in [0.717, 1.165) is 51.5 Å². The molecule has 1 aromatic rings. The number of nitrogens with one attached hydrogen (secondary N) is 2. The second-order valence-corrected chi connectivity index (χ2v) is 7.11. The van der Waals surface area contributed by atoms with Gasteiger partial charge in [0.1, 0.15) is 6.10 Å². The average Bonchev–Trinajstić information content (AvgIpc) is 3.40. The number of nitrogens with zero attached hydrogens (tertiary/aromatic N) is 2. The summed E-state index contributed by atoms with van der Waals surface area (Å²) in [6.45, 7) is 1.99. The van der Waals surface area contributed by atoms with E-state index in [1.165, 1.54) is 0 Å². The summed E-state index contributed by atoms with van der Waals surface area (Å²) in [5.41, 5.74) is 0. The maximum Gasteiger partial charge on any atom is 0.290 e. The normalized spacial score (nSPS) is 23.9. The first-order valence-electron chi connectivity index (χ1n) is 9.87. The third-order valence-corrected chi connectivity index (χ3v) is 5.12. The van der Waals surface area contributed by atoms with Crippen LogP contribution in [0, 0.1) is 5.92 Å². The zero-order valence-corrected chi connectivity index (χ0v) is 16.1. The van der Waals surface area contributed by atoms with Crippen molar-refractivity contribution in [2.75, 3.05) is 13.2 Å². The Balaban J connectivity index is 0.000000878. The maximum absolute atomic E-state index is 12.3. The minimum atomic E-state index is -0.267. The first-order chi connectivity index (χ1) is 13.6. The number of imidazole rings is 1. The molecule has 2 fully saturated rings. The molecule has 3 N–H and O–H groups in total. The molecule has 2 heterocycles. The van der Waals surface area contributed by atoms with Gasteiger partial charge in [-0.25, -0.2) is 4.98 Å². The first kappa shape index (κ1) is 21.9. The van der Waals surface area contributed by atoms with Gasteiger partial charge >= 0.3 is 0 Å². The zero-order chi connectivity index (χ0) is 20.2. The second kappa shape index (κ2) is 12.1. The summed E-state index contributed by atoms with van der Waals surface area (Å²) in [4.78, 5) is 36.7. The average molecular weight is 394 g/mol. The van der Waals surface area contributed by atoms with E-state index < -0.39 is 0 Å². The number of carboxylic acid groups (broad SMARTS) is 1. The largest absolute Gasteiger partial charge is 0.483 e. The summed E-state index contributed by atoms with van der Waals surface area (Å²) >= 11 is 0. The Morgan fingerprint density at radius 1 is 1.21 bits per heavy atom. The van der Waals surface area contributed by atoms with E-state index in [1.807, 2.05) is 10.8 Å². The van der Waals surface area contributed by atoms with Gasteiger partial charge in [0.25, 0.3) is 6.47 Å². The van der Waals surface area contributed by atoms with Gasteiger partial charge in [-0.15, -0.1) is 0 Å². The third kappa shape index (κ3) is 7.30. The van der Waals surface area contributed by atoms with Crippen LogP contribution in [0.1, 0.15) is 44.9 Å². The fourth-order valence-electron chi connectivity index (χ4n) is 3.62. The Hall–Kier alpha value is -2.42. The summed E-state index contributed by atoms with van der Waals surface area (Å²) in [5, 5.41) is 13.0. The number of carbonyl (C=O) groups is 3. The van der Waals surface area contributed by atoms with Gasteiger partial charge in [0.05, 0.1) is 6.33 Å². The lowest BCUT2D eigenvalue weighted by Crippen LogP contribution is -2.44. The lowest BCUT2D eigenvalue weighted by atomic mass is 9.85. The molecule has 0 bridgehead atoms. The molecule has 1 aliphatic heterocycles. The van der Waals surface area contributed by atoms with Crippen molar-refractivity contribution in [2.45, 2.75) is 63.6 Å². The van der Waals surface area contributed by atoms with E-state index in [4.69, 9.17) is 14.6 Å². The quantitative estimate of drug-likeness (QED) is 0.467. The summed E-state index contributed by atoms with van der Waals surface area (Å²) < 4.78 is 7.42. The van der Waals surface area contributed by atoms with Crippen LogP contribution in [0.5, 0.6) is 0 Å². The van der Waals surface area contributed by atoms with E-state index in [-0.39, 0.29) is 36.4 Å². The van der Waals surface area contributed by atoms with Crippen LogP contribution in [0.3, 0.4) is 0 Å². The van der Waals surface area contributed by atoms with Crippen LogP contribution in [0.25, 0.3) is 0 Å². The van der Waals surface area contributed by atoms with Gasteiger partial charge in [-0.2, -0.15) is 0 Å². The highest BCUT2D eigenvalue weighted by molar-refractivity contribution is 5.81. The van der Waals surface area contributed by atoms with Gasteiger partial charge in [0.15, 0.2) is 0 Å². The molecule has 1 aromatic heterocycles. The van der Waals surface area contributed by atoms with Crippen molar-refractivity contribution in [3.63, 3.8) is 0 Å². The molecule has 9 nitrogen and oxygen atoms in total. The highest BCUT2D eigenvalue weighted by Crippen LogP contribution is 2.25. The van der Waals surface area contributed by atoms with Gasteiger partial charge in [-0.05, 0) is 44.9 Å². The maximum atomic E-state index is 12.3.